The lowest BCUT2D eigenvalue weighted by Gasteiger charge is -2.18. The van der Waals surface area contributed by atoms with Crippen LogP contribution in [0, 0.1) is 0 Å². The van der Waals surface area contributed by atoms with Crippen molar-refractivity contribution in [2.24, 2.45) is 0 Å². The van der Waals surface area contributed by atoms with Crippen molar-refractivity contribution in [1.29, 1.82) is 0 Å². The van der Waals surface area contributed by atoms with Gasteiger partial charge in [-0.15, -0.1) is 0 Å². The molecule has 0 aliphatic heterocycles. The van der Waals surface area contributed by atoms with Crippen LogP contribution in [0.3, 0.4) is 0 Å². The Morgan fingerprint density at radius 3 is 2.85 bits per heavy atom. The molecule has 0 saturated heterocycles. The molecule has 3 aromatic heterocycles. The van der Waals surface area contributed by atoms with E-state index in [0.717, 1.165) is 5.75 Å². The van der Waals surface area contributed by atoms with Crippen molar-refractivity contribution in [3.63, 3.8) is 0 Å². The predicted octanol–water partition coefficient (Wildman–Crippen LogP) is 2.45. The summed E-state index contributed by atoms with van der Waals surface area (Å²) in [4.78, 5) is 40.2. The number of rotatable bonds is 7. The van der Waals surface area contributed by atoms with Crippen molar-refractivity contribution < 1.29 is 4.79 Å². The normalized spacial score (nSPS) is 11.7. The highest BCUT2D eigenvalue weighted by Crippen LogP contribution is 2.19. The molecule has 3 aromatic rings. The summed E-state index contributed by atoms with van der Waals surface area (Å²) in [6.45, 7) is 0. The number of carbonyl (C=O) groups is 1. The third kappa shape index (κ3) is 5.01. The highest BCUT2D eigenvalue weighted by atomic mass is 32.2. The van der Waals surface area contributed by atoms with Crippen LogP contribution in [0.15, 0.2) is 59.8 Å². The highest BCUT2D eigenvalue weighted by molar-refractivity contribution is 7.98. The number of nitrogens with one attached hydrogen (secondary N) is 2. The molecule has 0 aliphatic carbocycles. The molecule has 0 radical (unpaired) electrons. The first-order valence-corrected chi connectivity index (χ1v) is 9.79. The summed E-state index contributed by atoms with van der Waals surface area (Å²) in [6, 6.07) is 9.81. The second-order valence-electron chi connectivity index (χ2n) is 5.78. The number of carbonyl (C=O) groups excluding carboxylic acids is 1. The Morgan fingerprint density at radius 2 is 2.15 bits per heavy atom. The van der Waals surface area contributed by atoms with E-state index >= 15 is 0 Å². The zero-order valence-electron chi connectivity index (χ0n) is 14.8. The molecule has 0 fully saturated rings. The van der Waals surface area contributed by atoms with E-state index in [1.54, 1.807) is 48.4 Å². The number of aromatic nitrogens is 4. The second kappa shape index (κ2) is 9.09. The van der Waals surface area contributed by atoms with Crippen LogP contribution in [0.25, 0.3) is 11.5 Å². The number of pyridine rings is 2. The molecular formula is C19H19N5O2S. The summed E-state index contributed by atoms with van der Waals surface area (Å²) in [7, 11) is 0. The van der Waals surface area contributed by atoms with Gasteiger partial charge in [-0.25, -0.2) is 4.98 Å². The number of H-pyrrole nitrogens is 1. The lowest BCUT2D eigenvalue weighted by atomic mass is 10.1. The quantitative estimate of drug-likeness (QED) is 0.652. The van der Waals surface area contributed by atoms with Crippen LogP contribution in [-0.2, 0) is 0 Å². The van der Waals surface area contributed by atoms with Crippen LogP contribution >= 0.6 is 11.8 Å². The smallest absolute Gasteiger partial charge is 0.253 e. The zero-order valence-corrected chi connectivity index (χ0v) is 15.6. The molecule has 2 N–H and O–H groups in total. The van der Waals surface area contributed by atoms with E-state index in [2.05, 4.69) is 25.3 Å². The van der Waals surface area contributed by atoms with Crippen molar-refractivity contribution in [3.05, 3.63) is 76.6 Å². The third-order valence-corrected chi connectivity index (χ3v) is 4.51. The first-order valence-electron chi connectivity index (χ1n) is 8.40. The molecular weight excluding hydrogens is 362 g/mol. The topological polar surface area (TPSA) is 101 Å². The fraction of sp³-hybridized carbons (Fsp3) is 0.211. The maximum Gasteiger partial charge on any atom is 0.253 e. The summed E-state index contributed by atoms with van der Waals surface area (Å²) in [6.07, 6.45) is 7.39. The van der Waals surface area contributed by atoms with Gasteiger partial charge in [-0.05, 0) is 42.7 Å². The van der Waals surface area contributed by atoms with Crippen LogP contribution < -0.4 is 10.9 Å². The fourth-order valence-corrected chi connectivity index (χ4v) is 3.02. The molecule has 0 spiro atoms. The van der Waals surface area contributed by atoms with E-state index in [0.29, 0.717) is 29.2 Å². The van der Waals surface area contributed by atoms with Gasteiger partial charge in [0.05, 0.1) is 17.3 Å². The van der Waals surface area contributed by atoms with Gasteiger partial charge >= 0.3 is 0 Å². The third-order valence-electron chi connectivity index (χ3n) is 3.87. The first-order chi connectivity index (χ1) is 13.2. The molecule has 3 heterocycles. The van der Waals surface area contributed by atoms with Crippen LogP contribution in [-0.4, -0.2) is 37.9 Å². The van der Waals surface area contributed by atoms with E-state index < -0.39 is 6.04 Å². The first kappa shape index (κ1) is 18.8. The van der Waals surface area contributed by atoms with Crippen molar-refractivity contribution in [2.75, 3.05) is 12.0 Å². The van der Waals surface area contributed by atoms with E-state index in [-0.39, 0.29) is 11.5 Å². The summed E-state index contributed by atoms with van der Waals surface area (Å²) in [5, 5.41) is 2.96. The van der Waals surface area contributed by atoms with Gasteiger partial charge in [-0.1, -0.05) is 6.07 Å². The molecule has 0 bridgehead atoms. The van der Waals surface area contributed by atoms with Crippen LogP contribution in [0.2, 0.25) is 0 Å². The number of hydrogen-bond donors (Lipinski definition) is 2. The van der Waals surface area contributed by atoms with Crippen LogP contribution in [0.4, 0.5) is 0 Å². The van der Waals surface area contributed by atoms with Gasteiger partial charge in [-0.3, -0.25) is 19.6 Å². The molecule has 27 heavy (non-hydrogen) atoms. The van der Waals surface area contributed by atoms with Crippen molar-refractivity contribution in [2.45, 2.75) is 12.5 Å². The molecule has 0 aromatic carbocycles. The average molecular weight is 381 g/mol. The Bertz CT molecular complexity index is 947. The van der Waals surface area contributed by atoms with Gasteiger partial charge < -0.3 is 10.3 Å². The van der Waals surface area contributed by atoms with Crippen molar-refractivity contribution in [3.8, 4) is 11.5 Å². The van der Waals surface area contributed by atoms with Gasteiger partial charge in [0, 0.05) is 24.7 Å². The molecule has 1 unspecified atom stereocenters. The minimum absolute atomic E-state index is 0.254. The molecule has 138 valence electrons. The fourth-order valence-electron chi connectivity index (χ4n) is 2.55. The second-order valence-corrected chi connectivity index (χ2v) is 6.77. The van der Waals surface area contributed by atoms with E-state index in [1.165, 1.54) is 12.3 Å². The monoisotopic (exact) mass is 381 g/mol. The maximum absolute atomic E-state index is 12.5. The van der Waals surface area contributed by atoms with E-state index in [1.807, 2.05) is 12.3 Å². The van der Waals surface area contributed by atoms with E-state index in [9.17, 15) is 9.59 Å². The minimum atomic E-state index is -0.394. The number of nitrogens with zero attached hydrogens (tertiary/aromatic N) is 3. The Hall–Kier alpha value is -3.00. The maximum atomic E-state index is 12.5. The van der Waals surface area contributed by atoms with Gasteiger partial charge in [0.25, 0.3) is 11.5 Å². The van der Waals surface area contributed by atoms with Gasteiger partial charge in [0.15, 0.2) is 5.82 Å². The number of amides is 1. The summed E-state index contributed by atoms with van der Waals surface area (Å²) < 4.78 is 0. The molecule has 1 atom stereocenters. The number of aromatic amines is 1. The standard InChI is InChI=1S/C19H19N5O2S/c1-27-10-7-14(23-19(26)13-5-4-8-20-12-13)16-11-17(25)24-18(22-16)15-6-2-3-9-21-15/h2-6,8-9,11-12,14H,7,10H2,1H3,(H,23,26)(H,22,24,25). The number of hydrogen-bond acceptors (Lipinski definition) is 6. The lowest BCUT2D eigenvalue weighted by Crippen LogP contribution is -2.31. The lowest BCUT2D eigenvalue weighted by molar-refractivity contribution is 0.0934. The summed E-state index contributed by atoms with van der Waals surface area (Å²) in [5.74, 6) is 0.935. The Morgan fingerprint density at radius 1 is 1.26 bits per heavy atom. The Balaban J connectivity index is 1.91. The molecule has 7 nitrogen and oxygen atoms in total. The average Bonchev–Trinajstić information content (AvgIpc) is 2.71. The molecule has 8 heteroatoms. The molecule has 3 rings (SSSR count). The Labute approximate surface area is 160 Å². The van der Waals surface area contributed by atoms with Crippen LogP contribution in [0.5, 0.6) is 0 Å². The zero-order chi connectivity index (χ0) is 19.1. The minimum Gasteiger partial charge on any atom is -0.344 e. The largest absolute Gasteiger partial charge is 0.344 e. The van der Waals surface area contributed by atoms with Gasteiger partial charge in [0.2, 0.25) is 0 Å². The summed E-state index contributed by atoms with van der Waals surface area (Å²) in [5.41, 5.74) is 1.25. The molecule has 0 aliphatic rings. The van der Waals surface area contributed by atoms with Crippen molar-refractivity contribution >= 4 is 17.7 Å². The summed E-state index contributed by atoms with van der Waals surface area (Å²) >= 11 is 1.66. The van der Waals surface area contributed by atoms with E-state index in [4.69, 9.17) is 0 Å². The van der Waals surface area contributed by atoms with Gasteiger partial charge in [0.1, 0.15) is 5.69 Å². The SMILES string of the molecule is CSCCC(NC(=O)c1cccnc1)c1cc(=O)[nH]c(-c2ccccn2)n1. The van der Waals surface area contributed by atoms with Crippen LogP contribution in [0.1, 0.15) is 28.5 Å². The Kier molecular flexibility index (Phi) is 6.32. The molecule has 1 amide bonds. The molecule has 0 saturated carbocycles. The number of thioether (sulfide) groups is 1. The van der Waals surface area contributed by atoms with Gasteiger partial charge in [-0.2, -0.15) is 11.8 Å². The highest BCUT2D eigenvalue weighted by Gasteiger charge is 2.19. The van der Waals surface area contributed by atoms with Crippen molar-refractivity contribution in [1.82, 2.24) is 25.3 Å². The predicted molar refractivity (Wildman–Crippen MR) is 106 cm³/mol.